The molecule has 1 fully saturated rings. The van der Waals surface area contributed by atoms with Gasteiger partial charge in [0.05, 0.1) is 12.2 Å². The van der Waals surface area contributed by atoms with E-state index in [9.17, 15) is 4.79 Å². The Hall–Kier alpha value is -1.79. The number of aryl methyl sites for hydroxylation is 1. The molecule has 1 aliphatic rings. The van der Waals surface area contributed by atoms with Gasteiger partial charge in [0.2, 0.25) is 5.91 Å². The molecule has 3 heteroatoms. The van der Waals surface area contributed by atoms with Gasteiger partial charge in [-0.1, -0.05) is 17.9 Å². The number of anilines is 1. The molecule has 2 rings (SSSR count). The van der Waals surface area contributed by atoms with Crippen LogP contribution in [0.4, 0.5) is 5.69 Å². The zero-order valence-corrected chi connectivity index (χ0v) is 9.92. The molecule has 0 heterocycles. The van der Waals surface area contributed by atoms with E-state index in [1.165, 1.54) is 0 Å². The molecular weight excluding hydrogens is 212 g/mol. The fraction of sp³-hybridized carbons (Fsp3) is 0.357. The fourth-order valence-electron chi connectivity index (χ4n) is 1.60. The molecule has 1 aromatic rings. The summed E-state index contributed by atoms with van der Waals surface area (Å²) >= 11 is 0. The second-order valence-electron chi connectivity index (χ2n) is 4.32. The molecular formula is C14H16N2O. The van der Waals surface area contributed by atoms with Crippen molar-refractivity contribution in [2.75, 3.05) is 11.9 Å². The first-order chi connectivity index (χ1) is 8.20. The minimum Gasteiger partial charge on any atom is -0.325 e. The number of nitrogens with two attached hydrogens (primary N) is 1. The van der Waals surface area contributed by atoms with Crippen LogP contribution in [0.3, 0.4) is 0 Å². The standard InChI is InChI=1S/C14H16N2O/c1-10-4-5-11(3-2-8-15)13(9-10)16-14(17)12-6-7-12/h4-5,9,12H,6-8,15H2,1H3,(H,16,17). The van der Waals surface area contributed by atoms with Crippen molar-refractivity contribution in [1.29, 1.82) is 0 Å². The van der Waals surface area contributed by atoms with Gasteiger partial charge >= 0.3 is 0 Å². The molecule has 1 aliphatic carbocycles. The van der Waals surface area contributed by atoms with Crippen molar-refractivity contribution in [2.45, 2.75) is 19.8 Å². The SMILES string of the molecule is Cc1ccc(C#CCN)c(NC(=O)C2CC2)c1. The second-order valence-corrected chi connectivity index (χ2v) is 4.32. The van der Waals surface area contributed by atoms with E-state index in [1.807, 2.05) is 25.1 Å². The molecule has 1 amide bonds. The summed E-state index contributed by atoms with van der Waals surface area (Å²) in [5.74, 6) is 6.09. The molecule has 0 spiro atoms. The third kappa shape index (κ3) is 3.08. The van der Waals surface area contributed by atoms with Crippen molar-refractivity contribution < 1.29 is 4.79 Å². The highest BCUT2D eigenvalue weighted by atomic mass is 16.2. The third-order valence-corrected chi connectivity index (χ3v) is 2.71. The van der Waals surface area contributed by atoms with Gasteiger partial charge in [0.25, 0.3) is 0 Å². The van der Waals surface area contributed by atoms with Gasteiger partial charge in [-0.3, -0.25) is 4.79 Å². The molecule has 0 radical (unpaired) electrons. The lowest BCUT2D eigenvalue weighted by atomic mass is 10.1. The van der Waals surface area contributed by atoms with Gasteiger partial charge in [0, 0.05) is 11.5 Å². The summed E-state index contributed by atoms with van der Waals surface area (Å²) in [7, 11) is 0. The molecule has 0 unspecified atom stereocenters. The topological polar surface area (TPSA) is 55.1 Å². The Labute approximate surface area is 101 Å². The van der Waals surface area contributed by atoms with Gasteiger partial charge in [-0.05, 0) is 37.5 Å². The predicted molar refractivity (Wildman–Crippen MR) is 68.5 cm³/mol. The van der Waals surface area contributed by atoms with Crippen LogP contribution in [0.15, 0.2) is 18.2 Å². The summed E-state index contributed by atoms with van der Waals surface area (Å²) in [6.45, 7) is 2.32. The van der Waals surface area contributed by atoms with Crippen molar-refractivity contribution in [3.8, 4) is 11.8 Å². The molecule has 17 heavy (non-hydrogen) atoms. The molecule has 0 aromatic heterocycles. The average Bonchev–Trinajstić information content (AvgIpc) is 3.12. The lowest BCUT2D eigenvalue weighted by Gasteiger charge is -2.08. The van der Waals surface area contributed by atoms with E-state index in [2.05, 4.69) is 17.2 Å². The molecule has 0 aliphatic heterocycles. The van der Waals surface area contributed by atoms with Gasteiger partial charge in [-0.15, -0.1) is 0 Å². The average molecular weight is 228 g/mol. The van der Waals surface area contributed by atoms with Crippen LogP contribution in [-0.2, 0) is 4.79 Å². The first kappa shape index (κ1) is 11.7. The Morgan fingerprint density at radius 2 is 2.29 bits per heavy atom. The minimum absolute atomic E-state index is 0.103. The lowest BCUT2D eigenvalue weighted by molar-refractivity contribution is -0.117. The number of carbonyl (C=O) groups is 1. The van der Waals surface area contributed by atoms with Crippen LogP contribution in [0.5, 0.6) is 0 Å². The summed E-state index contributed by atoms with van der Waals surface area (Å²) in [6.07, 6.45) is 2.00. The Bertz CT molecular complexity index is 493. The Morgan fingerprint density at radius 3 is 2.94 bits per heavy atom. The first-order valence-electron chi connectivity index (χ1n) is 5.81. The van der Waals surface area contributed by atoms with Crippen molar-refractivity contribution in [2.24, 2.45) is 11.7 Å². The number of carbonyl (C=O) groups excluding carboxylic acids is 1. The molecule has 1 aromatic carbocycles. The molecule has 0 atom stereocenters. The zero-order valence-electron chi connectivity index (χ0n) is 9.92. The maximum absolute atomic E-state index is 11.7. The van der Waals surface area contributed by atoms with Crippen molar-refractivity contribution in [3.05, 3.63) is 29.3 Å². The summed E-state index contributed by atoms with van der Waals surface area (Å²) in [6, 6.07) is 5.84. The zero-order chi connectivity index (χ0) is 12.3. The van der Waals surface area contributed by atoms with Crippen molar-refractivity contribution in [1.82, 2.24) is 0 Å². The monoisotopic (exact) mass is 228 g/mol. The summed E-state index contributed by atoms with van der Waals surface area (Å²) in [5, 5.41) is 2.94. The largest absolute Gasteiger partial charge is 0.325 e. The third-order valence-electron chi connectivity index (χ3n) is 2.71. The number of amides is 1. The molecule has 88 valence electrons. The maximum Gasteiger partial charge on any atom is 0.227 e. The highest BCUT2D eigenvalue weighted by Crippen LogP contribution is 2.30. The number of nitrogens with one attached hydrogen (secondary N) is 1. The van der Waals surface area contributed by atoms with E-state index in [-0.39, 0.29) is 11.8 Å². The van der Waals surface area contributed by atoms with Crippen LogP contribution < -0.4 is 11.1 Å². The van der Waals surface area contributed by atoms with E-state index in [4.69, 9.17) is 5.73 Å². The fourth-order valence-corrected chi connectivity index (χ4v) is 1.60. The molecule has 0 saturated heterocycles. The summed E-state index contributed by atoms with van der Waals surface area (Å²) in [4.78, 5) is 11.7. The number of hydrogen-bond donors (Lipinski definition) is 2. The molecule has 3 N–H and O–H groups in total. The van der Waals surface area contributed by atoms with Gasteiger partial charge in [-0.25, -0.2) is 0 Å². The Morgan fingerprint density at radius 1 is 1.53 bits per heavy atom. The highest BCUT2D eigenvalue weighted by Gasteiger charge is 2.29. The Kier molecular flexibility index (Phi) is 3.46. The normalized spacial score (nSPS) is 13.8. The van der Waals surface area contributed by atoms with Crippen LogP contribution in [-0.4, -0.2) is 12.5 Å². The second kappa shape index (κ2) is 5.03. The van der Waals surface area contributed by atoms with Crippen LogP contribution in [0.25, 0.3) is 0 Å². The smallest absolute Gasteiger partial charge is 0.227 e. The van der Waals surface area contributed by atoms with E-state index in [1.54, 1.807) is 0 Å². The van der Waals surface area contributed by atoms with Gasteiger partial charge in [0.15, 0.2) is 0 Å². The van der Waals surface area contributed by atoms with Crippen molar-refractivity contribution >= 4 is 11.6 Å². The van der Waals surface area contributed by atoms with E-state index in [0.29, 0.717) is 6.54 Å². The Balaban J connectivity index is 2.22. The van der Waals surface area contributed by atoms with E-state index < -0.39 is 0 Å². The quantitative estimate of drug-likeness (QED) is 0.756. The number of rotatable bonds is 2. The van der Waals surface area contributed by atoms with Gasteiger partial charge in [0.1, 0.15) is 0 Å². The van der Waals surface area contributed by atoms with Crippen LogP contribution in [0.2, 0.25) is 0 Å². The highest BCUT2D eigenvalue weighted by molar-refractivity contribution is 5.95. The van der Waals surface area contributed by atoms with Crippen molar-refractivity contribution in [3.63, 3.8) is 0 Å². The van der Waals surface area contributed by atoms with Crippen LogP contribution in [0.1, 0.15) is 24.0 Å². The van der Waals surface area contributed by atoms with Crippen LogP contribution >= 0.6 is 0 Å². The van der Waals surface area contributed by atoms with E-state index in [0.717, 1.165) is 29.7 Å². The maximum atomic E-state index is 11.7. The molecule has 0 bridgehead atoms. The van der Waals surface area contributed by atoms with Gasteiger partial charge in [-0.2, -0.15) is 0 Å². The molecule has 1 saturated carbocycles. The first-order valence-corrected chi connectivity index (χ1v) is 5.81. The molecule has 3 nitrogen and oxygen atoms in total. The lowest BCUT2D eigenvalue weighted by Crippen LogP contribution is -2.14. The number of benzene rings is 1. The minimum atomic E-state index is 0.103. The summed E-state index contributed by atoms with van der Waals surface area (Å²) < 4.78 is 0. The van der Waals surface area contributed by atoms with Crippen LogP contribution in [0, 0.1) is 24.7 Å². The predicted octanol–water partition coefficient (Wildman–Crippen LogP) is 1.65. The summed E-state index contributed by atoms with van der Waals surface area (Å²) in [5.41, 5.74) is 8.08. The van der Waals surface area contributed by atoms with E-state index >= 15 is 0 Å². The number of hydrogen-bond acceptors (Lipinski definition) is 2. The van der Waals surface area contributed by atoms with Gasteiger partial charge < -0.3 is 11.1 Å².